The second-order valence-corrected chi connectivity index (χ2v) is 7.56. The Morgan fingerprint density at radius 2 is 1.81 bits per heavy atom. The molecule has 4 rings (SSSR count). The lowest BCUT2D eigenvalue weighted by atomic mass is 10.2. The van der Waals surface area contributed by atoms with Crippen molar-refractivity contribution in [3.05, 3.63) is 54.4 Å². The van der Waals surface area contributed by atoms with Crippen LogP contribution >= 0.6 is 11.3 Å². The fourth-order valence-electron chi connectivity index (χ4n) is 2.76. The van der Waals surface area contributed by atoms with Crippen LogP contribution in [0.1, 0.15) is 19.4 Å². The molecule has 0 bridgehead atoms. The normalized spacial score (nSPS) is 11.2. The molecule has 0 aliphatic carbocycles. The predicted molar refractivity (Wildman–Crippen MR) is 107 cm³/mol. The van der Waals surface area contributed by atoms with Gasteiger partial charge in [-0.1, -0.05) is 6.07 Å². The van der Waals surface area contributed by atoms with E-state index in [0.29, 0.717) is 0 Å². The lowest BCUT2D eigenvalue weighted by Gasteiger charge is -2.11. The summed E-state index contributed by atoms with van der Waals surface area (Å²) in [6.45, 7) is 6.19. The number of fused-ring (bicyclic) bond motifs is 1. The van der Waals surface area contributed by atoms with Gasteiger partial charge in [0.1, 0.15) is 11.2 Å². The molecule has 0 saturated heterocycles. The summed E-state index contributed by atoms with van der Waals surface area (Å²) in [5.74, 6) is 0.719. The molecule has 0 atom stereocenters. The number of hydrogen-bond acceptors (Lipinski definition) is 6. The molecule has 0 radical (unpaired) electrons. The van der Waals surface area contributed by atoms with Crippen molar-refractivity contribution in [2.24, 2.45) is 0 Å². The molecule has 6 heteroatoms. The molecule has 0 unspecified atom stereocenters. The number of aryl methyl sites for hydroxylation is 1. The van der Waals surface area contributed by atoms with Gasteiger partial charge in [0, 0.05) is 23.8 Å². The molecule has 0 amide bonds. The molecule has 0 aliphatic rings. The zero-order valence-corrected chi connectivity index (χ0v) is 15.7. The number of hydrogen-bond donors (Lipinski definition) is 1. The van der Waals surface area contributed by atoms with Crippen LogP contribution in [0.4, 0.5) is 5.82 Å². The van der Waals surface area contributed by atoms with E-state index < -0.39 is 0 Å². The van der Waals surface area contributed by atoms with Crippen LogP contribution in [-0.2, 0) is 0 Å². The van der Waals surface area contributed by atoms with Crippen molar-refractivity contribution in [1.29, 1.82) is 0 Å². The van der Waals surface area contributed by atoms with Crippen molar-refractivity contribution in [2.75, 3.05) is 5.32 Å². The topological polar surface area (TPSA) is 63.6 Å². The number of nitrogens with one attached hydrogen (secondary N) is 1. The summed E-state index contributed by atoms with van der Waals surface area (Å²) in [5, 5.41) is 13.2. The van der Waals surface area contributed by atoms with Gasteiger partial charge in [0.05, 0.1) is 15.4 Å². The fourth-order valence-corrected chi connectivity index (χ4v) is 3.74. The van der Waals surface area contributed by atoms with Gasteiger partial charge in [-0.05, 0) is 56.7 Å². The van der Waals surface area contributed by atoms with Crippen LogP contribution in [0.5, 0.6) is 0 Å². The van der Waals surface area contributed by atoms with Gasteiger partial charge in [-0.15, -0.1) is 21.5 Å². The van der Waals surface area contributed by atoms with E-state index in [-0.39, 0.29) is 6.04 Å². The third-order valence-corrected chi connectivity index (χ3v) is 5.08. The van der Waals surface area contributed by atoms with Gasteiger partial charge in [0.2, 0.25) is 0 Å². The van der Waals surface area contributed by atoms with Crippen LogP contribution in [-0.4, -0.2) is 26.2 Å². The summed E-state index contributed by atoms with van der Waals surface area (Å²) < 4.78 is 0. The summed E-state index contributed by atoms with van der Waals surface area (Å²) in [6.07, 6.45) is 3.68. The Bertz CT molecular complexity index is 1050. The van der Waals surface area contributed by atoms with Crippen LogP contribution in [0.3, 0.4) is 0 Å². The number of pyridine rings is 2. The van der Waals surface area contributed by atoms with Crippen molar-refractivity contribution < 1.29 is 0 Å². The molecule has 5 nitrogen and oxygen atoms in total. The first-order valence-corrected chi connectivity index (χ1v) is 9.34. The van der Waals surface area contributed by atoms with E-state index in [9.17, 15) is 0 Å². The monoisotopic (exact) mass is 361 g/mol. The average Bonchev–Trinajstić information content (AvgIpc) is 3.12. The fraction of sp³-hybridized carbons (Fsp3) is 0.200. The molecule has 4 heterocycles. The molecule has 130 valence electrons. The standard InChI is InChI=1S/C20H19N5S/c1-12(2)23-20-19-14(5-4-10-21-19)18(24-25-20)17-9-8-16(26-17)15-7-6-13(3)11-22-15/h4-12H,1-3H3,(H,23,25). The van der Waals surface area contributed by atoms with E-state index in [1.54, 1.807) is 17.5 Å². The summed E-state index contributed by atoms with van der Waals surface area (Å²) in [6, 6.07) is 12.5. The highest BCUT2D eigenvalue weighted by atomic mass is 32.1. The maximum atomic E-state index is 4.52. The average molecular weight is 361 g/mol. The number of rotatable bonds is 4. The first-order valence-electron chi connectivity index (χ1n) is 8.53. The van der Waals surface area contributed by atoms with E-state index in [2.05, 4.69) is 57.5 Å². The minimum Gasteiger partial charge on any atom is -0.365 e. The van der Waals surface area contributed by atoms with Gasteiger partial charge in [-0.3, -0.25) is 9.97 Å². The Balaban J connectivity index is 1.79. The van der Waals surface area contributed by atoms with Gasteiger partial charge in [-0.25, -0.2) is 0 Å². The zero-order valence-electron chi connectivity index (χ0n) is 14.9. The van der Waals surface area contributed by atoms with Gasteiger partial charge < -0.3 is 5.32 Å². The zero-order chi connectivity index (χ0) is 18.1. The third kappa shape index (κ3) is 3.15. The highest BCUT2D eigenvalue weighted by molar-refractivity contribution is 7.18. The minimum atomic E-state index is 0.265. The molecule has 1 N–H and O–H groups in total. The molecule has 0 saturated carbocycles. The molecule has 26 heavy (non-hydrogen) atoms. The SMILES string of the molecule is Cc1ccc(-c2ccc(-c3nnc(NC(C)C)c4ncccc34)s2)nc1. The molecule has 0 fully saturated rings. The van der Waals surface area contributed by atoms with Crippen LogP contribution < -0.4 is 5.32 Å². The van der Waals surface area contributed by atoms with Gasteiger partial charge in [-0.2, -0.15) is 0 Å². The molecule has 0 aromatic carbocycles. The predicted octanol–water partition coefficient (Wildman–Crippen LogP) is 4.94. The lowest BCUT2D eigenvalue weighted by molar-refractivity contribution is 0.878. The van der Waals surface area contributed by atoms with Gasteiger partial charge >= 0.3 is 0 Å². The van der Waals surface area contributed by atoms with Crippen molar-refractivity contribution in [3.8, 4) is 21.1 Å². The van der Waals surface area contributed by atoms with E-state index in [1.807, 2.05) is 31.3 Å². The van der Waals surface area contributed by atoms with Crippen LogP contribution in [0.2, 0.25) is 0 Å². The van der Waals surface area contributed by atoms with Crippen LogP contribution in [0, 0.1) is 6.92 Å². The summed E-state index contributed by atoms with van der Waals surface area (Å²) in [5.41, 5.74) is 3.82. The van der Waals surface area contributed by atoms with E-state index in [1.165, 1.54) is 0 Å². The van der Waals surface area contributed by atoms with Crippen LogP contribution in [0.25, 0.3) is 32.0 Å². The highest BCUT2D eigenvalue weighted by Gasteiger charge is 2.15. The van der Waals surface area contributed by atoms with E-state index in [0.717, 1.165) is 43.4 Å². The maximum Gasteiger partial charge on any atom is 0.175 e. The summed E-state index contributed by atoms with van der Waals surface area (Å²) in [4.78, 5) is 11.2. The molecule has 0 aliphatic heterocycles. The Kier molecular flexibility index (Phi) is 4.34. The molecule has 4 aromatic heterocycles. The van der Waals surface area contributed by atoms with Gasteiger partial charge in [0.15, 0.2) is 5.82 Å². The van der Waals surface area contributed by atoms with E-state index in [4.69, 9.17) is 0 Å². The molecular formula is C20H19N5S. The number of aromatic nitrogens is 4. The van der Waals surface area contributed by atoms with Crippen LogP contribution in [0.15, 0.2) is 48.8 Å². The third-order valence-electron chi connectivity index (χ3n) is 3.97. The van der Waals surface area contributed by atoms with Crippen molar-refractivity contribution in [3.63, 3.8) is 0 Å². The smallest absolute Gasteiger partial charge is 0.175 e. The van der Waals surface area contributed by atoms with Gasteiger partial charge in [0.25, 0.3) is 0 Å². The number of thiophene rings is 1. The van der Waals surface area contributed by atoms with Crippen molar-refractivity contribution in [2.45, 2.75) is 26.8 Å². The summed E-state index contributed by atoms with van der Waals surface area (Å²) >= 11 is 1.67. The largest absolute Gasteiger partial charge is 0.365 e. The first kappa shape index (κ1) is 16.6. The lowest BCUT2D eigenvalue weighted by Crippen LogP contribution is -2.12. The minimum absolute atomic E-state index is 0.265. The van der Waals surface area contributed by atoms with Crippen molar-refractivity contribution >= 4 is 28.1 Å². The Labute approximate surface area is 156 Å². The molecule has 4 aromatic rings. The maximum absolute atomic E-state index is 4.52. The first-order chi connectivity index (χ1) is 12.6. The Hall–Kier alpha value is -2.86. The number of nitrogens with zero attached hydrogens (tertiary/aromatic N) is 4. The summed E-state index contributed by atoms with van der Waals surface area (Å²) in [7, 11) is 0. The molecular weight excluding hydrogens is 342 g/mol. The molecule has 0 spiro atoms. The van der Waals surface area contributed by atoms with E-state index >= 15 is 0 Å². The van der Waals surface area contributed by atoms with Crippen molar-refractivity contribution in [1.82, 2.24) is 20.2 Å². The Morgan fingerprint density at radius 1 is 0.962 bits per heavy atom. The second kappa shape index (κ2) is 6.80. The highest BCUT2D eigenvalue weighted by Crippen LogP contribution is 2.36. The number of anilines is 1. The quantitative estimate of drug-likeness (QED) is 0.557. The second-order valence-electron chi connectivity index (χ2n) is 6.48. The Morgan fingerprint density at radius 3 is 2.58 bits per heavy atom.